The molecule has 0 unspecified atom stereocenters. The van der Waals surface area contributed by atoms with Gasteiger partial charge in [-0.1, -0.05) is 12.1 Å². The molecule has 0 aliphatic heterocycles. The van der Waals surface area contributed by atoms with Crippen LogP contribution in [0.2, 0.25) is 0 Å². The fourth-order valence-corrected chi connectivity index (χ4v) is 2.35. The van der Waals surface area contributed by atoms with E-state index in [1.54, 1.807) is 12.4 Å². The van der Waals surface area contributed by atoms with Gasteiger partial charge in [-0.2, -0.15) is 0 Å². The van der Waals surface area contributed by atoms with Gasteiger partial charge in [-0.05, 0) is 36.5 Å². The maximum atomic E-state index is 12.8. The van der Waals surface area contributed by atoms with E-state index in [0.29, 0.717) is 12.0 Å². The van der Waals surface area contributed by atoms with Crippen molar-refractivity contribution in [2.24, 2.45) is 0 Å². The Morgan fingerprint density at radius 2 is 1.72 bits per heavy atom. The Bertz CT molecular complexity index is 506. The average Bonchev–Trinajstić information content (AvgIpc) is 2.36. The highest BCUT2D eigenvalue weighted by molar-refractivity contribution is 5.40. The van der Waals surface area contributed by atoms with Crippen molar-refractivity contribution < 1.29 is 4.39 Å². The summed E-state index contributed by atoms with van der Waals surface area (Å²) >= 11 is 0. The van der Waals surface area contributed by atoms with Gasteiger partial charge in [0.25, 0.3) is 0 Å². The number of rotatable bonds is 3. The monoisotopic (exact) mass is 243 g/mol. The van der Waals surface area contributed by atoms with Crippen LogP contribution in [-0.2, 0) is 0 Å². The average molecular weight is 243 g/mol. The summed E-state index contributed by atoms with van der Waals surface area (Å²) < 4.78 is 12.8. The molecule has 1 saturated carbocycles. The number of hydrogen-bond donors (Lipinski definition) is 1. The van der Waals surface area contributed by atoms with E-state index in [-0.39, 0.29) is 5.82 Å². The van der Waals surface area contributed by atoms with Crippen molar-refractivity contribution in [1.82, 2.24) is 9.97 Å². The molecule has 18 heavy (non-hydrogen) atoms. The minimum Gasteiger partial charge on any atom is -0.380 e. The van der Waals surface area contributed by atoms with Crippen molar-refractivity contribution in [2.75, 3.05) is 5.32 Å². The standard InChI is InChI=1S/C14H14FN3/c15-12-3-1-10(2-4-12)11-5-13(6-11)18-14-7-16-9-17-8-14/h1-4,7-9,11,13,18H,5-6H2. The SMILES string of the molecule is Fc1ccc(C2CC(Nc3cncnc3)C2)cc1. The third kappa shape index (κ3) is 2.32. The van der Waals surface area contributed by atoms with Crippen LogP contribution < -0.4 is 5.32 Å². The lowest BCUT2D eigenvalue weighted by molar-refractivity contribution is 0.373. The molecule has 1 aromatic carbocycles. The van der Waals surface area contributed by atoms with Crippen molar-refractivity contribution in [1.29, 1.82) is 0 Å². The van der Waals surface area contributed by atoms with E-state index in [9.17, 15) is 4.39 Å². The Kier molecular flexibility index (Phi) is 2.92. The topological polar surface area (TPSA) is 37.8 Å². The van der Waals surface area contributed by atoms with Crippen LogP contribution in [0.25, 0.3) is 0 Å². The Labute approximate surface area is 105 Å². The summed E-state index contributed by atoms with van der Waals surface area (Å²) in [4.78, 5) is 7.94. The van der Waals surface area contributed by atoms with E-state index >= 15 is 0 Å². The third-order valence-corrected chi connectivity index (χ3v) is 3.41. The first kappa shape index (κ1) is 11.1. The number of nitrogens with one attached hydrogen (secondary N) is 1. The van der Waals surface area contributed by atoms with E-state index < -0.39 is 0 Å². The molecule has 1 fully saturated rings. The summed E-state index contributed by atoms with van der Waals surface area (Å²) in [6, 6.07) is 7.28. The zero-order chi connectivity index (χ0) is 12.4. The fourth-order valence-electron chi connectivity index (χ4n) is 2.35. The predicted molar refractivity (Wildman–Crippen MR) is 67.8 cm³/mol. The number of anilines is 1. The lowest BCUT2D eigenvalue weighted by atomic mass is 9.76. The van der Waals surface area contributed by atoms with Crippen LogP contribution in [-0.4, -0.2) is 16.0 Å². The first-order valence-corrected chi connectivity index (χ1v) is 6.08. The lowest BCUT2D eigenvalue weighted by Crippen LogP contribution is -2.34. The molecule has 0 saturated heterocycles. The van der Waals surface area contributed by atoms with Gasteiger partial charge in [0.05, 0.1) is 18.1 Å². The van der Waals surface area contributed by atoms with Crippen LogP contribution in [0.5, 0.6) is 0 Å². The maximum Gasteiger partial charge on any atom is 0.123 e. The molecule has 1 heterocycles. The second kappa shape index (κ2) is 4.72. The highest BCUT2D eigenvalue weighted by Gasteiger charge is 2.30. The third-order valence-electron chi connectivity index (χ3n) is 3.41. The van der Waals surface area contributed by atoms with Crippen LogP contribution in [0.4, 0.5) is 10.1 Å². The molecule has 1 aliphatic carbocycles. The minimum atomic E-state index is -0.172. The van der Waals surface area contributed by atoms with Gasteiger partial charge >= 0.3 is 0 Å². The molecule has 1 aromatic heterocycles. The second-order valence-electron chi connectivity index (χ2n) is 4.69. The molecule has 3 nitrogen and oxygen atoms in total. The van der Waals surface area contributed by atoms with Gasteiger partial charge in [0.2, 0.25) is 0 Å². The number of benzene rings is 1. The molecule has 2 aromatic rings. The van der Waals surface area contributed by atoms with Gasteiger partial charge in [0.1, 0.15) is 12.1 Å². The van der Waals surface area contributed by atoms with Crippen molar-refractivity contribution in [2.45, 2.75) is 24.8 Å². The highest BCUT2D eigenvalue weighted by Crippen LogP contribution is 2.38. The number of hydrogen-bond acceptors (Lipinski definition) is 3. The molecule has 3 rings (SSSR count). The second-order valence-corrected chi connectivity index (χ2v) is 4.69. The van der Waals surface area contributed by atoms with Crippen LogP contribution in [0, 0.1) is 5.82 Å². The number of aromatic nitrogens is 2. The van der Waals surface area contributed by atoms with E-state index in [0.717, 1.165) is 18.5 Å². The molecule has 92 valence electrons. The van der Waals surface area contributed by atoms with Crippen LogP contribution in [0.1, 0.15) is 24.3 Å². The molecular formula is C14H14FN3. The van der Waals surface area contributed by atoms with E-state index in [1.165, 1.54) is 24.0 Å². The quantitative estimate of drug-likeness (QED) is 0.900. The molecule has 0 spiro atoms. The van der Waals surface area contributed by atoms with E-state index in [4.69, 9.17) is 0 Å². The van der Waals surface area contributed by atoms with Gasteiger partial charge in [-0.25, -0.2) is 14.4 Å². The summed E-state index contributed by atoms with van der Waals surface area (Å²) in [7, 11) is 0. The summed E-state index contributed by atoms with van der Waals surface area (Å²) in [5.74, 6) is 0.363. The Hall–Kier alpha value is -1.97. The maximum absolute atomic E-state index is 12.8. The summed E-state index contributed by atoms with van der Waals surface area (Å²) in [5.41, 5.74) is 2.18. The predicted octanol–water partition coefficient (Wildman–Crippen LogP) is 2.97. The van der Waals surface area contributed by atoms with Gasteiger partial charge < -0.3 is 5.32 Å². The van der Waals surface area contributed by atoms with E-state index in [1.807, 2.05) is 12.1 Å². The van der Waals surface area contributed by atoms with Crippen LogP contribution >= 0.6 is 0 Å². The molecule has 0 radical (unpaired) electrons. The largest absolute Gasteiger partial charge is 0.380 e. The van der Waals surface area contributed by atoms with Gasteiger partial charge in [-0.3, -0.25) is 0 Å². The number of halogens is 1. The molecule has 0 bridgehead atoms. The summed E-state index contributed by atoms with van der Waals surface area (Å²) in [6.45, 7) is 0. The van der Waals surface area contributed by atoms with Crippen LogP contribution in [0.3, 0.4) is 0 Å². The Morgan fingerprint density at radius 3 is 2.39 bits per heavy atom. The first-order valence-electron chi connectivity index (χ1n) is 6.08. The van der Waals surface area contributed by atoms with Crippen molar-refractivity contribution in [3.8, 4) is 0 Å². The highest BCUT2D eigenvalue weighted by atomic mass is 19.1. The summed E-state index contributed by atoms with van der Waals surface area (Å²) in [5, 5.41) is 3.39. The molecule has 1 N–H and O–H groups in total. The number of nitrogens with zero attached hydrogens (tertiary/aromatic N) is 2. The zero-order valence-corrected chi connectivity index (χ0v) is 9.88. The normalized spacial score (nSPS) is 22.3. The van der Waals surface area contributed by atoms with Gasteiger partial charge in [0.15, 0.2) is 0 Å². The lowest BCUT2D eigenvalue weighted by Gasteiger charge is -2.36. The molecule has 1 aliphatic rings. The zero-order valence-electron chi connectivity index (χ0n) is 9.88. The molecular weight excluding hydrogens is 229 g/mol. The molecule has 4 heteroatoms. The first-order chi connectivity index (χ1) is 8.81. The van der Waals surface area contributed by atoms with Crippen molar-refractivity contribution in [3.63, 3.8) is 0 Å². The summed E-state index contributed by atoms with van der Waals surface area (Å²) in [6.07, 6.45) is 7.21. The Balaban J connectivity index is 1.56. The molecule has 0 amide bonds. The van der Waals surface area contributed by atoms with Crippen molar-refractivity contribution >= 4 is 5.69 Å². The molecule has 0 atom stereocenters. The van der Waals surface area contributed by atoms with Crippen molar-refractivity contribution in [3.05, 3.63) is 54.4 Å². The fraction of sp³-hybridized carbons (Fsp3) is 0.286. The van der Waals surface area contributed by atoms with Crippen LogP contribution in [0.15, 0.2) is 43.0 Å². The smallest absolute Gasteiger partial charge is 0.123 e. The Morgan fingerprint density at radius 1 is 1.06 bits per heavy atom. The van der Waals surface area contributed by atoms with Gasteiger partial charge in [-0.15, -0.1) is 0 Å². The van der Waals surface area contributed by atoms with Gasteiger partial charge in [0, 0.05) is 6.04 Å². The van der Waals surface area contributed by atoms with E-state index in [2.05, 4.69) is 15.3 Å². The minimum absolute atomic E-state index is 0.172.